The van der Waals surface area contributed by atoms with Crippen molar-refractivity contribution in [3.8, 4) is 0 Å². The number of rotatable bonds is 5. The van der Waals surface area contributed by atoms with E-state index >= 15 is 0 Å². The van der Waals surface area contributed by atoms with Crippen molar-refractivity contribution in [1.82, 2.24) is 4.31 Å². The van der Waals surface area contributed by atoms with Gasteiger partial charge in [0.05, 0.1) is 11.9 Å². The molecule has 0 aromatic heterocycles. The van der Waals surface area contributed by atoms with Crippen LogP contribution in [0, 0.1) is 0 Å². The number of anilines is 1. The molecule has 0 radical (unpaired) electrons. The molecule has 2 heterocycles. The summed E-state index contributed by atoms with van der Waals surface area (Å²) in [4.78, 5) is 15.4. The number of nitrogens with one attached hydrogen (secondary N) is 3. The molecule has 26 heavy (non-hydrogen) atoms. The second kappa shape index (κ2) is 8.47. The van der Waals surface area contributed by atoms with Gasteiger partial charge in [0.2, 0.25) is 10.0 Å². The summed E-state index contributed by atoms with van der Waals surface area (Å²) in [6, 6.07) is 6.62. The Balaban J connectivity index is 1.62. The molecule has 3 rings (SSSR count). The van der Waals surface area contributed by atoms with Gasteiger partial charge in [-0.25, -0.2) is 8.42 Å². The minimum atomic E-state index is -3.48. The number of amides is 1. The highest BCUT2D eigenvalue weighted by Gasteiger charge is 2.26. The number of hydrogen-bond donors (Lipinski definition) is 3. The third-order valence-corrected chi connectivity index (χ3v) is 7.19. The summed E-state index contributed by atoms with van der Waals surface area (Å²) in [5.74, 6) is -0.0629. The lowest BCUT2D eigenvalue weighted by atomic mass is 10.2. The van der Waals surface area contributed by atoms with Crippen LogP contribution in [0.5, 0.6) is 0 Å². The van der Waals surface area contributed by atoms with Crippen LogP contribution in [0.3, 0.4) is 0 Å². The summed E-state index contributed by atoms with van der Waals surface area (Å²) in [6.07, 6.45) is 2.90. The fraction of sp³-hybridized carbons (Fsp3) is 0.611. The molecule has 0 saturated carbocycles. The normalized spacial score (nSPS) is 25.0. The molecule has 0 aliphatic carbocycles. The quantitative estimate of drug-likeness (QED) is 0.563. The first-order valence-corrected chi connectivity index (χ1v) is 10.9. The SMILES string of the molecule is C[NH+]1CC[NH+](CC(=O)Nc2cccc(S(=O)(=O)N3CCCCC3)c2)CC1. The average Bonchev–Trinajstić information content (AvgIpc) is 2.64. The van der Waals surface area contributed by atoms with Crippen molar-refractivity contribution in [3.05, 3.63) is 24.3 Å². The van der Waals surface area contributed by atoms with E-state index in [1.165, 1.54) is 9.80 Å². The van der Waals surface area contributed by atoms with Crippen LogP contribution >= 0.6 is 0 Å². The van der Waals surface area contributed by atoms with Gasteiger partial charge in [0, 0.05) is 18.8 Å². The van der Waals surface area contributed by atoms with E-state index in [2.05, 4.69) is 12.4 Å². The predicted molar refractivity (Wildman–Crippen MR) is 99.9 cm³/mol. The summed E-state index contributed by atoms with van der Waals surface area (Å²) in [6.45, 7) is 5.71. The number of piperazine rings is 1. The van der Waals surface area contributed by atoms with Crippen LogP contribution in [-0.4, -0.2) is 71.5 Å². The lowest BCUT2D eigenvalue weighted by Gasteiger charge is -2.27. The molecule has 0 atom stereocenters. The lowest BCUT2D eigenvalue weighted by molar-refractivity contribution is -0.999. The molecular weight excluding hydrogens is 352 g/mol. The topological polar surface area (TPSA) is 75.4 Å². The van der Waals surface area contributed by atoms with Crippen molar-refractivity contribution in [2.45, 2.75) is 24.2 Å². The molecule has 7 nitrogen and oxygen atoms in total. The Morgan fingerprint density at radius 2 is 1.81 bits per heavy atom. The molecule has 1 aromatic rings. The number of carbonyl (C=O) groups excluding carboxylic acids is 1. The zero-order valence-corrected chi connectivity index (χ0v) is 16.3. The van der Waals surface area contributed by atoms with Gasteiger partial charge in [-0.15, -0.1) is 0 Å². The van der Waals surface area contributed by atoms with Crippen molar-refractivity contribution in [3.63, 3.8) is 0 Å². The highest BCUT2D eigenvalue weighted by atomic mass is 32.2. The van der Waals surface area contributed by atoms with E-state index in [9.17, 15) is 13.2 Å². The number of quaternary nitrogens is 2. The molecule has 144 valence electrons. The van der Waals surface area contributed by atoms with E-state index in [0.29, 0.717) is 25.3 Å². The number of carbonyl (C=O) groups is 1. The molecule has 2 fully saturated rings. The van der Waals surface area contributed by atoms with E-state index < -0.39 is 10.0 Å². The van der Waals surface area contributed by atoms with E-state index in [0.717, 1.165) is 45.4 Å². The van der Waals surface area contributed by atoms with E-state index in [1.807, 2.05) is 0 Å². The van der Waals surface area contributed by atoms with Crippen LogP contribution < -0.4 is 15.1 Å². The molecule has 1 amide bonds. The molecule has 1 aromatic carbocycles. The highest BCUT2D eigenvalue weighted by molar-refractivity contribution is 7.89. The Hall–Kier alpha value is -1.48. The summed E-state index contributed by atoms with van der Waals surface area (Å²) < 4.78 is 27.1. The van der Waals surface area contributed by atoms with Gasteiger partial charge in [0.1, 0.15) is 26.2 Å². The zero-order chi connectivity index (χ0) is 18.6. The van der Waals surface area contributed by atoms with Crippen LogP contribution in [0.4, 0.5) is 5.69 Å². The first kappa shape index (κ1) is 19.3. The third kappa shape index (κ3) is 4.82. The van der Waals surface area contributed by atoms with Crippen molar-refractivity contribution in [2.24, 2.45) is 0 Å². The van der Waals surface area contributed by atoms with Crippen molar-refractivity contribution >= 4 is 21.6 Å². The first-order chi connectivity index (χ1) is 12.4. The van der Waals surface area contributed by atoms with Crippen LogP contribution in [0.25, 0.3) is 0 Å². The average molecular weight is 383 g/mol. The number of hydrogen-bond acceptors (Lipinski definition) is 3. The molecule has 0 unspecified atom stereocenters. The monoisotopic (exact) mass is 382 g/mol. The third-order valence-electron chi connectivity index (χ3n) is 5.29. The Morgan fingerprint density at radius 3 is 2.50 bits per heavy atom. The summed E-state index contributed by atoms with van der Waals surface area (Å²) in [5.41, 5.74) is 0.548. The number of benzene rings is 1. The Bertz CT molecular complexity index is 724. The maximum Gasteiger partial charge on any atom is 0.279 e. The van der Waals surface area contributed by atoms with Crippen LogP contribution in [0.2, 0.25) is 0 Å². The lowest BCUT2D eigenvalue weighted by Crippen LogP contribution is -3.27. The van der Waals surface area contributed by atoms with Crippen LogP contribution in [0.1, 0.15) is 19.3 Å². The van der Waals surface area contributed by atoms with E-state index in [-0.39, 0.29) is 10.8 Å². The molecule has 3 N–H and O–H groups in total. The molecular formula is C18H30N4O3S+2. The first-order valence-electron chi connectivity index (χ1n) is 9.50. The van der Waals surface area contributed by atoms with Crippen molar-refractivity contribution < 1.29 is 23.0 Å². The Labute approximate surface area is 156 Å². The summed E-state index contributed by atoms with van der Waals surface area (Å²) in [7, 11) is -1.31. The number of piperidine rings is 1. The van der Waals surface area contributed by atoms with Gasteiger partial charge in [0.25, 0.3) is 5.91 Å². The molecule has 8 heteroatoms. The molecule has 0 bridgehead atoms. The van der Waals surface area contributed by atoms with Gasteiger partial charge in [0.15, 0.2) is 6.54 Å². The predicted octanol–water partition coefficient (Wildman–Crippen LogP) is -1.79. The second-order valence-corrected chi connectivity index (χ2v) is 9.36. The highest BCUT2D eigenvalue weighted by Crippen LogP contribution is 2.22. The van der Waals surface area contributed by atoms with Crippen LogP contribution in [-0.2, 0) is 14.8 Å². The van der Waals surface area contributed by atoms with Crippen molar-refractivity contribution in [1.29, 1.82) is 0 Å². The maximum atomic E-state index is 12.8. The number of nitrogens with zero attached hydrogens (tertiary/aromatic N) is 1. The van der Waals surface area contributed by atoms with Gasteiger partial charge >= 0.3 is 0 Å². The van der Waals surface area contributed by atoms with Gasteiger partial charge in [-0.2, -0.15) is 4.31 Å². The fourth-order valence-electron chi connectivity index (χ4n) is 3.63. The minimum absolute atomic E-state index is 0.0629. The van der Waals surface area contributed by atoms with Crippen molar-refractivity contribution in [2.75, 3.05) is 58.2 Å². The van der Waals surface area contributed by atoms with Gasteiger partial charge < -0.3 is 15.1 Å². The smallest absolute Gasteiger partial charge is 0.279 e. The second-order valence-electron chi connectivity index (χ2n) is 7.42. The van der Waals surface area contributed by atoms with Crippen LogP contribution in [0.15, 0.2) is 29.2 Å². The molecule has 2 saturated heterocycles. The number of likely N-dealkylation sites (N-methyl/N-ethyl adjacent to an activating group) is 1. The van der Waals surface area contributed by atoms with Gasteiger partial charge in [-0.05, 0) is 31.0 Å². The summed E-state index contributed by atoms with van der Waals surface area (Å²) >= 11 is 0. The largest absolute Gasteiger partial charge is 0.328 e. The van der Waals surface area contributed by atoms with Gasteiger partial charge in [-0.3, -0.25) is 4.79 Å². The summed E-state index contributed by atoms with van der Waals surface area (Å²) in [5, 5.41) is 2.87. The molecule has 0 spiro atoms. The maximum absolute atomic E-state index is 12.8. The Kier molecular flexibility index (Phi) is 6.29. The fourth-order valence-corrected chi connectivity index (χ4v) is 5.19. The minimum Gasteiger partial charge on any atom is -0.328 e. The zero-order valence-electron chi connectivity index (χ0n) is 15.5. The molecule has 2 aliphatic rings. The standard InChI is InChI=1S/C18H28N4O3S/c1-20-10-12-21(13-11-20)15-18(23)19-16-6-5-7-17(14-16)26(24,25)22-8-3-2-4-9-22/h5-7,14H,2-4,8-13,15H2,1H3,(H,19,23)/p+2. The molecule has 2 aliphatic heterocycles. The van der Waals surface area contributed by atoms with E-state index in [4.69, 9.17) is 0 Å². The Morgan fingerprint density at radius 1 is 1.12 bits per heavy atom. The van der Waals surface area contributed by atoms with E-state index in [1.54, 1.807) is 28.6 Å². The number of sulfonamides is 1. The van der Waals surface area contributed by atoms with Gasteiger partial charge in [-0.1, -0.05) is 12.5 Å².